The van der Waals surface area contributed by atoms with E-state index in [1.807, 2.05) is 19.1 Å². The van der Waals surface area contributed by atoms with Crippen LogP contribution in [0.5, 0.6) is 5.75 Å². The fraction of sp³-hybridized carbons (Fsp3) is 0.429. The lowest BCUT2D eigenvalue weighted by atomic mass is 9.85. The molecule has 0 aliphatic rings. The monoisotopic (exact) mass is 406 g/mol. The molecule has 0 aromatic heterocycles. The lowest BCUT2D eigenvalue weighted by molar-refractivity contribution is 0.0798. The van der Waals surface area contributed by atoms with Crippen LogP contribution in [-0.4, -0.2) is 16.7 Å². The summed E-state index contributed by atoms with van der Waals surface area (Å²) in [5.74, 6) is 0.292. The molecule has 0 radical (unpaired) electrons. The second-order valence-corrected chi connectivity index (χ2v) is 14.9. The zero-order valence-electron chi connectivity index (χ0n) is 17.2. The highest BCUT2D eigenvalue weighted by Gasteiger charge is 2.32. The van der Waals surface area contributed by atoms with E-state index in [-0.39, 0.29) is 16.4 Å². The summed E-state index contributed by atoms with van der Waals surface area (Å²) in [6.07, 6.45) is -0.0630. The topological polar surface area (TPSA) is 52.6 Å². The van der Waals surface area contributed by atoms with E-state index in [1.54, 1.807) is 36.4 Å². The van der Waals surface area contributed by atoms with E-state index in [0.717, 1.165) is 11.1 Å². The summed E-state index contributed by atoms with van der Waals surface area (Å²) >= 11 is 0. The Morgan fingerprint density at radius 3 is 1.85 bits per heavy atom. The van der Waals surface area contributed by atoms with E-state index >= 15 is 0 Å². The van der Waals surface area contributed by atoms with Crippen molar-refractivity contribution in [3.05, 3.63) is 59.7 Å². The molecule has 0 saturated heterocycles. The van der Waals surface area contributed by atoms with Crippen molar-refractivity contribution in [2.24, 2.45) is 5.41 Å². The van der Waals surface area contributed by atoms with Crippen LogP contribution >= 0.6 is 0 Å². The Bertz CT molecular complexity index is 858. The van der Waals surface area contributed by atoms with Gasteiger partial charge in [-0.25, -0.2) is 0 Å². The Morgan fingerprint density at radius 2 is 1.41 bits per heavy atom. The van der Waals surface area contributed by atoms with E-state index in [4.69, 9.17) is 8.61 Å². The van der Waals surface area contributed by atoms with E-state index in [1.165, 1.54) is 0 Å². The highest BCUT2D eigenvalue weighted by atomic mass is 32.2. The molecule has 0 N–H and O–H groups in total. The van der Waals surface area contributed by atoms with E-state index in [9.17, 15) is 8.42 Å². The van der Waals surface area contributed by atoms with Gasteiger partial charge in [-0.15, -0.1) is 0 Å². The predicted octanol–water partition coefficient (Wildman–Crippen LogP) is 5.70. The Labute approximate surface area is 164 Å². The van der Waals surface area contributed by atoms with Crippen molar-refractivity contribution < 1.29 is 17.0 Å². The molecule has 0 amide bonds. The van der Waals surface area contributed by atoms with Crippen LogP contribution < -0.4 is 4.18 Å². The summed E-state index contributed by atoms with van der Waals surface area (Å²) in [6, 6.07) is 13.8. The molecule has 0 saturated carbocycles. The maximum atomic E-state index is 12.4. The minimum Gasteiger partial charge on any atom is -0.410 e. The summed E-state index contributed by atoms with van der Waals surface area (Å²) in [7, 11) is -5.59. The van der Waals surface area contributed by atoms with E-state index in [2.05, 4.69) is 40.4 Å². The normalized spacial score (nSPS) is 14.0. The SMILES string of the molecule is Cc1ccc(S(=O)(=O)Oc2ccc(C(O[Si](C)(C)C)C(C)(C)C)cc2)cc1. The molecular formula is C21H30O4SSi. The molecule has 1 unspecified atom stereocenters. The molecule has 2 aromatic carbocycles. The van der Waals surface area contributed by atoms with Crippen LogP contribution in [0, 0.1) is 12.3 Å². The lowest BCUT2D eigenvalue weighted by Gasteiger charge is -2.36. The van der Waals surface area contributed by atoms with Gasteiger partial charge in [0.25, 0.3) is 0 Å². The molecular weight excluding hydrogens is 376 g/mol. The van der Waals surface area contributed by atoms with Gasteiger partial charge in [0.1, 0.15) is 10.6 Å². The molecule has 27 heavy (non-hydrogen) atoms. The van der Waals surface area contributed by atoms with Gasteiger partial charge in [-0.1, -0.05) is 50.6 Å². The second kappa shape index (κ2) is 7.77. The van der Waals surface area contributed by atoms with Crippen LogP contribution in [0.15, 0.2) is 53.4 Å². The van der Waals surface area contributed by atoms with Crippen molar-refractivity contribution in [1.82, 2.24) is 0 Å². The third-order valence-electron chi connectivity index (χ3n) is 3.96. The predicted molar refractivity (Wildman–Crippen MR) is 112 cm³/mol. The third-order valence-corrected chi connectivity index (χ3v) is 6.16. The molecule has 0 fully saturated rings. The van der Waals surface area contributed by atoms with Crippen molar-refractivity contribution in [3.8, 4) is 5.75 Å². The number of hydrogen-bond acceptors (Lipinski definition) is 4. The first-order valence-electron chi connectivity index (χ1n) is 9.07. The molecule has 1 atom stereocenters. The zero-order valence-corrected chi connectivity index (χ0v) is 19.1. The maximum absolute atomic E-state index is 12.4. The number of rotatable bonds is 6. The minimum absolute atomic E-state index is 0.0630. The molecule has 2 rings (SSSR count). The zero-order chi connectivity index (χ0) is 20.5. The third kappa shape index (κ3) is 6.19. The summed E-state index contributed by atoms with van der Waals surface area (Å²) < 4.78 is 36.6. The van der Waals surface area contributed by atoms with Gasteiger partial charge in [0, 0.05) is 0 Å². The van der Waals surface area contributed by atoms with Crippen LogP contribution in [0.4, 0.5) is 0 Å². The van der Waals surface area contributed by atoms with Gasteiger partial charge in [-0.2, -0.15) is 8.42 Å². The largest absolute Gasteiger partial charge is 0.410 e. The Hall–Kier alpha value is -1.63. The second-order valence-electron chi connectivity index (χ2n) is 8.90. The summed E-state index contributed by atoms with van der Waals surface area (Å²) in [5, 5.41) is 0. The summed E-state index contributed by atoms with van der Waals surface area (Å²) in [4.78, 5) is 0.145. The first-order valence-corrected chi connectivity index (χ1v) is 13.9. The average Bonchev–Trinajstić information content (AvgIpc) is 2.52. The summed E-state index contributed by atoms with van der Waals surface area (Å²) in [6.45, 7) is 14.8. The molecule has 0 heterocycles. The van der Waals surface area contributed by atoms with Gasteiger partial charge < -0.3 is 8.61 Å². The Balaban J connectivity index is 2.24. The molecule has 0 bridgehead atoms. The Morgan fingerprint density at radius 1 is 0.889 bits per heavy atom. The van der Waals surface area contributed by atoms with Gasteiger partial charge in [-0.05, 0) is 61.8 Å². The quantitative estimate of drug-likeness (QED) is 0.456. The molecule has 148 valence electrons. The first-order chi connectivity index (χ1) is 12.3. The molecule has 0 aliphatic carbocycles. The van der Waals surface area contributed by atoms with E-state index in [0.29, 0.717) is 5.75 Å². The van der Waals surface area contributed by atoms with Crippen molar-refractivity contribution in [1.29, 1.82) is 0 Å². The van der Waals surface area contributed by atoms with Gasteiger partial charge in [0.05, 0.1) is 6.10 Å². The highest BCUT2D eigenvalue weighted by molar-refractivity contribution is 7.87. The molecule has 0 spiro atoms. The van der Waals surface area contributed by atoms with E-state index < -0.39 is 18.4 Å². The molecule has 2 aromatic rings. The molecule has 4 nitrogen and oxygen atoms in total. The number of hydrogen-bond donors (Lipinski definition) is 0. The standard InChI is InChI=1S/C21H30O4SSi/c1-16-8-14-19(15-9-16)26(22,23)24-18-12-10-17(11-13-18)20(21(2,3)4)25-27(5,6)7/h8-15,20H,1-7H3. The van der Waals surface area contributed by atoms with Gasteiger partial charge >= 0.3 is 10.1 Å². The van der Waals surface area contributed by atoms with Crippen LogP contribution in [-0.2, 0) is 14.5 Å². The van der Waals surface area contributed by atoms with Crippen LogP contribution in [0.1, 0.15) is 38.0 Å². The highest BCUT2D eigenvalue weighted by Crippen LogP contribution is 2.38. The van der Waals surface area contributed by atoms with Gasteiger partial charge in [-0.3, -0.25) is 0 Å². The fourth-order valence-electron chi connectivity index (χ4n) is 2.68. The number of aryl methyl sites for hydroxylation is 1. The van der Waals surface area contributed by atoms with Gasteiger partial charge in [0.2, 0.25) is 0 Å². The number of benzene rings is 2. The molecule has 6 heteroatoms. The molecule has 0 aliphatic heterocycles. The minimum atomic E-state index is -3.84. The van der Waals surface area contributed by atoms with Crippen LogP contribution in [0.2, 0.25) is 19.6 Å². The van der Waals surface area contributed by atoms with Crippen molar-refractivity contribution in [2.45, 2.75) is 58.3 Å². The first kappa shape index (κ1) is 21.7. The fourth-order valence-corrected chi connectivity index (χ4v) is 4.80. The Kier molecular flexibility index (Phi) is 6.24. The van der Waals surface area contributed by atoms with Gasteiger partial charge in [0.15, 0.2) is 8.32 Å². The van der Waals surface area contributed by atoms with Crippen molar-refractivity contribution in [3.63, 3.8) is 0 Å². The maximum Gasteiger partial charge on any atom is 0.339 e. The lowest BCUT2D eigenvalue weighted by Crippen LogP contribution is -2.33. The van der Waals surface area contributed by atoms with Crippen LogP contribution in [0.25, 0.3) is 0 Å². The smallest absolute Gasteiger partial charge is 0.339 e. The summed E-state index contributed by atoms with van der Waals surface area (Å²) in [5.41, 5.74) is 1.94. The van der Waals surface area contributed by atoms with Crippen molar-refractivity contribution >= 4 is 18.4 Å². The van der Waals surface area contributed by atoms with Crippen molar-refractivity contribution in [2.75, 3.05) is 0 Å². The van der Waals surface area contributed by atoms with Crippen LogP contribution in [0.3, 0.4) is 0 Å². The average molecular weight is 407 g/mol.